The van der Waals surface area contributed by atoms with Gasteiger partial charge in [0.05, 0.1) is 0 Å². The van der Waals surface area contributed by atoms with Crippen molar-refractivity contribution in [3.8, 4) is 0 Å². The molecule has 0 atom stereocenters. The molecular weight excluding hydrogens is 372 g/mol. The Hall–Kier alpha value is 2.45. The van der Waals surface area contributed by atoms with Crippen molar-refractivity contribution in [3.05, 3.63) is 0 Å². The van der Waals surface area contributed by atoms with Crippen LogP contribution in [0.1, 0.15) is 0 Å². The van der Waals surface area contributed by atoms with E-state index < -0.39 is 0 Å². The third kappa shape index (κ3) is 227. The molecule has 0 aromatic rings. The van der Waals surface area contributed by atoms with Gasteiger partial charge in [-0.25, -0.2) is 0 Å². The van der Waals surface area contributed by atoms with Gasteiger partial charge in [-0.1, -0.05) is 0 Å². The van der Waals surface area contributed by atoms with E-state index in [0.29, 0.717) is 0 Å². The van der Waals surface area contributed by atoms with Gasteiger partial charge in [0, 0.05) is 16.8 Å². The van der Waals surface area contributed by atoms with E-state index in [4.69, 9.17) is 0 Å². The van der Waals surface area contributed by atoms with Gasteiger partial charge in [-0.05, 0) is 0 Å². The summed E-state index contributed by atoms with van der Waals surface area (Å²) >= 11 is 0. The van der Waals surface area contributed by atoms with Crippen LogP contribution in [0.25, 0.3) is 0 Å². The van der Waals surface area contributed by atoms with Crippen LogP contribution >= 0.6 is 0 Å². The molecule has 0 aliphatic carbocycles. The molecule has 0 spiro atoms. The molecule has 0 heterocycles. The van der Waals surface area contributed by atoms with E-state index in [0.717, 1.165) is 0 Å². The summed E-state index contributed by atoms with van der Waals surface area (Å²) in [5.74, 6) is 0. The molecule has 0 saturated carbocycles. The first-order valence-corrected chi connectivity index (χ1v) is 0. The van der Waals surface area contributed by atoms with Crippen LogP contribution < -0.4 is 0 Å². The molecule has 0 aliphatic rings. The van der Waals surface area contributed by atoms with Crippen molar-refractivity contribution in [1.82, 2.24) is 0 Å². The second-order valence-corrected chi connectivity index (χ2v) is 0. The van der Waals surface area contributed by atoms with Crippen LogP contribution in [0.3, 0.4) is 0 Å². The minimum Gasteiger partial charge on any atom is -2.00 e. The van der Waals surface area contributed by atoms with Gasteiger partial charge in [0.25, 0.3) is 0 Å². The second-order valence-electron chi connectivity index (χ2n) is 0. The molecule has 0 amide bonds. The Balaban J connectivity index is 0. The van der Waals surface area contributed by atoms with E-state index >= 15 is 0 Å². The van der Waals surface area contributed by atoms with Crippen LogP contribution in [0.4, 0.5) is 0 Å². The predicted octanol–water partition coefficient (Wildman–Crippen LogP) is -2.12. The van der Waals surface area contributed by atoms with Gasteiger partial charge < -0.3 is 27.4 Å². The Bertz CT molecular complexity index is 20.4. The van der Waals surface area contributed by atoms with E-state index in [2.05, 4.69) is 0 Å². The topological polar surface area (TPSA) is 142 Å². The molecule has 0 aromatic carbocycles. The summed E-state index contributed by atoms with van der Waals surface area (Å²) < 4.78 is 0. The van der Waals surface area contributed by atoms with E-state index in [1.54, 1.807) is 0 Å². The molecule has 0 aliphatic heterocycles. The quantitative estimate of drug-likeness (QED) is 0.429. The van der Waals surface area contributed by atoms with Crippen LogP contribution in [-0.2, 0) is 66.3 Å². The van der Waals surface area contributed by atoms with Crippen molar-refractivity contribution >= 4 is 56.4 Å². The molecule has 0 rings (SSSR count). The van der Waals surface area contributed by atoms with Gasteiger partial charge in [0.15, 0.2) is 0 Å². The monoisotopic (exact) mass is 368 g/mol. The minimum atomic E-state index is 0. The van der Waals surface area contributed by atoms with Gasteiger partial charge in [-0.15, -0.1) is 0 Å². The van der Waals surface area contributed by atoms with Crippen molar-refractivity contribution in [3.63, 3.8) is 0 Å². The first-order valence-electron chi connectivity index (χ1n) is 0. The van der Waals surface area contributed by atoms with Crippen LogP contribution in [0.15, 0.2) is 0 Å². The van der Waals surface area contributed by atoms with Gasteiger partial charge >= 0.3 is 78.5 Å². The fraction of sp³-hybridized carbons (Fsp3) is 0. The molecule has 5 nitrogen and oxygen atoms in total. The Morgan fingerprint density at radius 3 is 0.364 bits per heavy atom. The van der Waals surface area contributed by atoms with E-state index in [1.807, 2.05) is 0 Å². The maximum Gasteiger partial charge on any atom is 3.00 e. The van der Waals surface area contributed by atoms with Crippen LogP contribution in [0.5, 0.6) is 0 Å². The third-order valence-electron chi connectivity index (χ3n) is 0. The molecule has 11 heavy (non-hydrogen) atoms. The van der Waals surface area contributed by atoms with Crippen LogP contribution in [0.2, 0.25) is 0 Å². The van der Waals surface area contributed by atoms with Crippen LogP contribution in [-0.4, -0.2) is 56.4 Å². The predicted molar refractivity (Wildman–Crippen MR) is 26.4 cm³/mol. The van der Waals surface area contributed by atoms with Gasteiger partial charge in [0.1, 0.15) is 0 Å². The molecule has 0 fully saturated rings. The average Bonchev–Trinajstić information content (AvgIpc) is 0. The molecule has 0 bridgehead atoms. The molecule has 0 saturated heterocycles. The summed E-state index contributed by atoms with van der Waals surface area (Å²) in [4.78, 5) is 0. The number of hydrogen-bond donors (Lipinski definition) is 0. The van der Waals surface area contributed by atoms with Crippen molar-refractivity contribution < 1.29 is 66.3 Å². The first-order chi connectivity index (χ1) is 0. The van der Waals surface area contributed by atoms with Crippen molar-refractivity contribution in [2.45, 2.75) is 0 Å². The average molecular weight is 372 g/mol. The molecule has 6 radical (unpaired) electrons. The maximum atomic E-state index is 0. The Morgan fingerprint density at radius 2 is 0.364 bits per heavy atom. The standard InChI is InChI=1S/2B.2Ga.5O.2Zn/q;;2*+3;5*-2;2*+2. The van der Waals surface area contributed by atoms with Gasteiger partial charge in [0.2, 0.25) is 0 Å². The third-order valence-corrected chi connectivity index (χ3v) is 0. The summed E-state index contributed by atoms with van der Waals surface area (Å²) in [6.45, 7) is 0. The van der Waals surface area contributed by atoms with Crippen LogP contribution in [0, 0.1) is 0 Å². The second kappa shape index (κ2) is 272. The van der Waals surface area contributed by atoms with E-state index in [-0.39, 0.29) is 123 Å². The smallest absolute Gasteiger partial charge is 2.00 e. The van der Waals surface area contributed by atoms with Crippen molar-refractivity contribution in [1.29, 1.82) is 0 Å². The number of rotatable bonds is 0. The SMILES string of the molecule is [B].[B].[Ga+3].[Ga+3].[O-2].[O-2].[O-2].[O-2].[O-2].[Zn+2].[Zn+2]. The van der Waals surface area contributed by atoms with Gasteiger partial charge in [-0.2, -0.15) is 0 Å². The Labute approximate surface area is 122 Å². The zero-order chi connectivity index (χ0) is 0. The van der Waals surface area contributed by atoms with Gasteiger partial charge in [-0.3, -0.25) is 0 Å². The summed E-state index contributed by atoms with van der Waals surface area (Å²) in [6, 6.07) is 0. The normalized spacial score (nSPS) is 0. The van der Waals surface area contributed by atoms with E-state index in [1.165, 1.54) is 0 Å². The molecule has 0 N–H and O–H groups in total. The zero-order valence-corrected chi connectivity index (χ0v) is 16.5. The largest absolute Gasteiger partial charge is 3.00 e. The minimum absolute atomic E-state index is 0. The molecule has 0 unspecified atom stereocenters. The zero-order valence-electron chi connectivity index (χ0n) is 5.76. The first kappa shape index (κ1) is 347. The summed E-state index contributed by atoms with van der Waals surface area (Å²) in [5, 5.41) is 0. The summed E-state index contributed by atoms with van der Waals surface area (Å²) in [6.07, 6.45) is 0. The Morgan fingerprint density at radius 1 is 0.364 bits per heavy atom. The van der Waals surface area contributed by atoms with Crippen molar-refractivity contribution in [2.24, 2.45) is 0 Å². The molecule has 11 heteroatoms. The molecular formula is B2Ga2O5Zn2. The Kier molecular flexibility index (Phi) is 8590. The van der Waals surface area contributed by atoms with Crippen molar-refractivity contribution in [2.75, 3.05) is 0 Å². The maximum absolute atomic E-state index is 0. The molecule has 46 valence electrons. The summed E-state index contributed by atoms with van der Waals surface area (Å²) in [7, 11) is 0. The fourth-order valence-electron chi connectivity index (χ4n) is 0. The molecule has 0 aromatic heterocycles. The van der Waals surface area contributed by atoms with E-state index in [9.17, 15) is 0 Å². The number of hydrogen-bond acceptors (Lipinski definition) is 0. The summed E-state index contributed by atoms with van der Waals surface area (Å²) in [5.41, 5.74) is 0. The fourth-order valence-corrected chi connectivity index (χ4v) is 0.